The van der Waals surface area contributed by atoms with Crippen molar-refractivity contribution in [3.05, 3.63) is 20.7 Å². The Morgan fingerprint density at radius 2 is 1.95 bits per heavy atom. The summed E-state index contributed by atoms with van der Waals surface area (Å²) in [5.74, 6) is -0.0749. The standard InChI is InChI=1S/C16H27N3O2S/c1-13-11-22-15(21)19(13)10-14(20)17-12-16(18(2)3)8-6-4-5-7-9-16/h11H,4-10,12H2,1-3H3,(H,17,20). The molecule has 0 aromatic carbocycles. The molecule has 124 valence electrons. The molecule has 5 nitrogen and oxygen atoms in total. The molecule has 1 amide bonds. The molecule has 0 bridgehead atoms. The number of likely N-dealkylation sites (N-methyl/N-ethyl adjacent to an activating group) is 1. The molecule has 0 saturated heterocycles. The van der Waals surface area contributed by atoms with Crippen LogP contribution in [0, 0.1) is 6.92 Å². The molecule has 1 aliphatic rings. The minimum atomic E-state index is -0.0749. The van der Waals surface area contributed by atoms with Gasteiger partial charge in [0, 0.05) is 23.2 Å². The molecule has 1 aromatic rings. The first-order valence-corrected chi connectivity index (χ1v) is 8.92. The Balaban J connectivity index is 1.97. The summed E-state index contributed by atoms with van der Waals surface area (Å²) in [7, 11) is 4.20. The Bertz CT molecular complexity index is 554. The normalized spacial score (nSPS) is 18.2. The molecule has 0 spiro atoms. The summed E-state index contributed by atoms with van der Waals surface area (Å²) in [4.78, 5) is 26.1. The molecule has 0 radical (unpaired) electrons. The van der Waals surface area contributed by atoms with Crippen LogP contribution in [-0.2, 0) is 11.3 Å². The molecule has 1 heterocycles. The van der Waals surface area contributed by atoms with Crippen LogP contribution in [0.25, 0.3) is 0 Å². The molecule has 0 atom stereocenters. The Morgan fingerprint density at radius 3 is 2.45 bits per heavy atom. The van der Waals surface area contributed by atoms with E-state index in [1.807, 2.05) is 6.92 Å². The number of thiazole rings is 1. The molecule has 1 fully saturated rings. The number of hydrogen-bond acceptors (Lipinski definition) is 4. The van der Waals surface area contributed by atoms with Crippen LogP contribution in [0.3, 0.4) is 0 Å². The average Bonchev–Trinajstić information content (AvgIpc) is 2.71. The zero-order chi connectivity index (χ0) is 16.2. The first kappa shape index (κ1) is 17.2. The van der Waals surface area contributed by atoms with Crippen molar-refractivity contribution in [1.29, 1.82) is 0 Å². The lowest BCUT2D eigenvalue weighted by atomic mass is 9.88. The Morgan fingerprint density at radius 1 is 1.32 bits per heavy atom. The van der Waals surface area contributed by atoms with Crippen molar-refractivity contribution in [1.82, 2.24) is 14.8 Å². The lowest BCUT2D eigenvalue weighted by Crippen LogP contribution is -2.53. The third-order valence-electron chi connectivity index (χ3n) is 4.88. The highest BCUT2D eigenvalue weighted by atomic mass is 32.1. The average molecular weight is 325 g/mol. The van der Waals surface area contributed by atoms with Gasteiger partial charge in [-0.25, -0.2) is 0 Å². The maximum Gasteiger partial charge on any atom is 0.307 e. The van der Waals surface area contributed by atoms with Gasteiger partial charge in [-0.15, -0.1) is 0 Å². The molecule has 1 N–H and O–H groups in total. The van der Waals surface area contributed by atoms with Gasteiger partial charge in [0.1, 0.15) is 6.54 Å². The summed E-state index contributed by atoms with van der Waals surface area (Å²) in [6.07, 6.45) is 7.25. The number of hydrogen-bond donors (Lipinski definition) is 1. The molecule has 0 unspecified atom stereocenters. The molecule has 22 heavy (non-hydrogen) atoms. The van der Waals surface area contributed by atoms with E-state index in [0.717, 1.165) is 29.9 Å². The van der Waals surface area contributed by atoms with Gasteiger partial charge in [0.15, 0.2) is 0 Å². The van der Waals surface area contributed by atoms with E-state index in [1.165, 1.54) is 30.3 Å². The number of aryl methyl sites for hydroxylation is 1. The van der Waals surface area contributed by atoms with Gasteiger partial charge in [-0.1, -0.05) is 37.0 Å². The molecule has 6 heteroatoms. The molecule has 1 saturated carbocycles. The zero-order valence-corrected chi connectivity index (χ0v) is 14.7. The molecule has 1 aromatic heterocycles. The number of nitrogens with zero attached hydrogens (tertiary/aromatic N) is 2. The minimum Gasteiger partial charge on any atom is -0.353 e. The van der Waals surface area contributed by atoms with Crippen LogP contribution >= 0.6 is 11.3 Å². The number of carbonyl (C=O) groups is 1. The van der Waals surface area contributed by atoms with Gasteiger partial charge >= 0.3 is 4.87 Å². The summed E-state index contributed by atoms with van der Waals surface area (Å²) in [6, 6.07) is 0. The van der Waals surface area contributed by atoms with Crippen molar-refractivity contribution >= 4 is 17.2 Å². The van der Waals surface area contributed by atoms with Crippen molar-refractivity contribution in [2.75, 3.05) is 20.6 Å². The van der Waals surface area contributed by atoms with E-state index in [0.29, 0.717) is 6.54 Å². The van der Waals surface area contributed by atoms with Crippen LogP contribution in [0.2, 0.25) is 0 Å². The van der Waals surface area contributed by atoms with Crippen LogP contribution in [0.4, 0.5) is 0 Å². The lowest BCUT2D eigenvalue weighted by Gasteiger charge is -2.39. The van der Waals surface area contributed by atoms with Crippen molar-refractivity contribution in [2.45, 2.75) is 57.5 Å². The summed E-state index contributed by atoms with van der Waals surface area (Å²) >= 11 is 1.15. The monoisotopic (exact) mass is 325 g/mol. The van der Waals surface area contributed by atoms with Crippen LogP contribution in [0.15, 0.2) is 10.2 Å². The number of carbonyl (C=O) groups excluding carboxylic acids is 1. The van der Waals surface area contributed by atoms with E-state index < -0.39 is 0 Å². The van der Waals surface area contributed by atoms with Crippen LogP contribution in [0.1, 0.15) is 44.2 Å². The number of amides is 1. The van der Waals surface area contributed by atoms with E-state index in [-0.39, 0.29) is 22.9 Å². The predicted molar refractivity (Wildman–Crippen MR) is 90.4 cm³/mol. The van der Waals surface area contributed by atoms with Crippen molar-refractivity contribution < 1.29 is 4.79 Å². The Labute approximate surface area is 136 Å². The fourth-order valence-corrected chi connectivity index (χ4v) is 3.96. The summed E-state index contributed by atoms with van der Waals surface area (Å²) in [6.45, 7) is 2.65. The SMILES string of the molecule is Cc1csc(=O)n1CC(=O)NCC1(N(C)C)CCCCCC1. The fraction of sp³-hybridized carbons (Fsp3) is 0.750. The van der Waals surface area contributed by atoms with E-state index in [1.54, 1.807) is 5.38 Å². The third-order valence-corrected chi connectivity index (χ3v) is 5.76. The second kappa shape index (κ2) is 7.42. The van der Waals surface area contributed by atoms with Gasteiger partial charge in [-0.3, -0.25) is 14.2 Å². The lowest BCUT2D eigenvalue weighted by molar-refractivity contribution is -0.122. The molecular formula is C16H27N3O2S. The summed E-state index contributed by atoms with van der Waals surface area (Å²) in [5.41, 5.74) is 0.905. The number of rotatable bonds is 5. The number of aromatic nitrogens is 1. The first-order valence-electron chi connectivity index (χ1n) is 8.04. The highest BCUT2D eigenvalue weighted by molar-refractivity contribution is 7.07. The fourth-order valence-electron chi connectivity index (χ4n) is 3.23. The Hall–Kier alpha value is -1.14. The van der Waals surface area contributed by atoms with E-state index in [4.69, 9.17) is 0 Å². The maximum atomic E-state index is 12.2. The van der Waals surface area contributed by atoms with E-state index in [2.05, 4.69) is 24.3 Å². The van der Waals surface area contributed by atoms with Gasteiger partial charge in [0.05, 0.1) is 0 Å². The first-order chi connectivity index (χ1) is 10.4. The molecule has 2 rings (SSSR count). The summed E-state index contributed by atoms with van der Waals surface area (Å²) < 4.78 is 1.54. The van der Waals surface area contributed by atoms with Crippen molar-refractivity contribution in [2.24, 2.45) is 0 Å². The molecular weight excluding hydrogens is 298 g/mol. The quantitative estimate of drug-likeness (QED) is 0.842. The van der Waals surface area contributed by atoms with Crippen molar-refractivity contribution in [3.63, 3.8) is 0 Å². The topological polar surface area (TPSA) is 54.3 Å². The van der Waals surface area contributed by atoms with Gasteiger partial charge in [-0.2, -0.15) is 0 Å². The van der Waals surface area contributed by atoms with E-state index >= 15 is 0 Å². The van der Waals surface area contributed by atoms with Crippen LogP contribution < -0.4 is 10.2 Å². The second-order valence-corrected chi connectivity index (χ2v) is 7.36. The number of nitrogens with one attached hydrogen (secondary N) is 1. The van der Waals surface area contributed by atoms with E-state index in [9.17, 15) is 9.59 Å². The highest BCUT2D eigenvalue weighted by Gasteiger charge is 2.33. The van der Waals surface area contributed by atoms with Gasteiger partial charge in [-0.05, 0) is 33.9 Å². The van der Waals surface area contributed by atoms with Crippen LogP contribution in [-0.4, -0.2) is 41.6 Å². The minimum absolute atomic E-state index is 0.0564. The smallest absolute Gasteiger partial charge is 0.307 e. The van der Waals surface area contributed by atoms with Gasteiger partial charge in [0.2, 0.25) is 5.91 Å². The maximum absolute atomic E-state index is 12.2. The third kappa shape index (κ3) is 3.98. The highest BCUT2D eigenvalue weighted by Crippen LogP contribution is 2.30. The second-order valence-electron chi connectivity index (χ2n) is 6.54. The molecule has 1 aliphatic carbocycles. The van der Waals surface area contributed by atoms with Crippen LogP contribution in [0.5, 0.6) is 0 Å². The Kier molecular flexibility index (Phi) is 5.81. The van der Waals surface area contributed by atoms with Gasteiger partial charge in [0.25, 0.3) is 0 Å². The predicted octanol–water partition coefficient (Wildman–Crippen LogP) is 1.99. The zero-order valence-electron chi connectivity index (χ0n) is 13.9. The summed E-state index contributed by atoms with van der Waals surface area (Å²) in [5, 5.41) is 4.85. The van der Waals surface area contributed by atoms with Gasteiger partial charge < -0.3 is 10.2 Å². The van der Waals surface area contributed by atoms with Crippen molar-refractivity contribution in [3.8, 4) is 0 Å². The molecule has 0 aliphatic heterocycles. The largest absolute Gasteiger partial charge is 0.353 e.